The molecule has 1 aliphatic heterocycles. The molecule has 1 saturated heterocycles. The summed E-state index contributed by atoms with van der Waals surface area (Å²) in [4.78, 5) is 50.5. The van der Waals surface area contributed by atoms with Crippen LogP contribution in [-0.4, -0.2) is 49.4 Å². The van der Waals surface area contributed by atoms with Gasteiger partial charge in [-0.3, -0.25) is 9.59 Å². The van der Waals surface area contributed by atoms with E-state index < -0.39 is 17.9 Å². The van der Waals surface area contributed by atoms with E-state index >= 15 is 0 Å². The third-order valence-corrected chi connectivity index (χ3v) is 4.84. The molecule has 2 amide bonds. The normalized spacial score (nSPS) is 15.6. The van der Waals surface area contributed by atoms with Crippen LogP contribution in [0.3, 0.4) is 0 Å². The fourth-order valence-corrected chi connectivity index (χ4v) is 3.32. The Morgan fingerprint density at radius 1 is 1.00 bits per heavy atom. The molecule has 1 heterocycles. The highest BCUT2D eigenvalue weighted by Gasteiger charge is 2.34. The molecule has 0 aliphatic carbocycles. The number of benzene rings is 2. The maximum atomic E-state index is 12.7. The zero-order chi connectivity index (χ0) is 21.7. The average Bonchev–Trinajstić information content (AvgIpc) is 3.13. The predicted octanol–water partition coefficient (Wildman–Crippen LogP) is 2.25. The van der Waals surface area contributed by atoms with Crippen LogP contribution in [-0.2, 0) is 25.6 Å². The van der Waals surface area contributed by atoms with Gasteiger partial charge in [-0.1, -0.05) is 30.3 Å². The lowest BCUT2D eigenvalue weighted by atomic mass is 10.1. The number of carbonyl (C=O) groups excluding carboxylic acids is 4. The summed E-state index contributed by atoms with van der Waals surface area (Å²) in [5.74, 6) is -2.30. The minimum atomic E-state index is -0.652. The van der Waals surface area contributed by atoms with E-state index in [2.05, 4.69) is 5.32 Å². The first-order valence-corrected chi connectivity index (χ1v) is 9.35. The van der Waals surface area contributed by atoms with Gasteiger partial charge in [0.15, 0.2) is 0 Å². The highest BCUT2D eigenvalue weighted by Crippen LogP contribution is 2.23. The molecule has 1 N–H and O–H groups in total. The largest absolute Gasteiger partial charge is 0.465 e. The summed E-state index contributed by atoms with van der Waals surface area (Å²) in [7, 11) is 2.44. The molecule has 1 unspecified atom stereocenters. The molecule has 30 heavy (non-hydrogen) atoms. The van der Waals surface area contributed by atoms with Crippen LogP contribution in [0.15, 0.2) is 48.5 Å². The lowest BCUT2D eigenvalue weighted by molar-refractivity contribution is -0.128. The zero-order valence-corrected chi connectivity index (χ0v) is 16.7. The number of carbonyl (C=O) groups is 4. The summed E-state index contributed by atoms with van der Waals surface area (Å²) in [6, 6.07) is 13.7. The summed E-state index contributed by atoms with van der Waals surface area (Å²) < 4.78 is 9.39. The Hall–Kier alpha value is -3.68. The minimum Gasteiger partial charge on any atom is -0.465 e. The van der Waals surface area contributed by atoms with E-state index in [9.17, 15) is 19.2 Å². The summed E-state index contributed by atoms with van der Waals surface area (Å²) in [6.07, 6.45) is 0.0964. The maximum Gasteiger partial charge on any atom is 0.337 e. The monoisotopic (exact) mass is 410 g/mol. The zero-order valence-electron chi connectivity index (χ0n) is 16.7. The lowest BCUT2D eigenvalue weighted by Crippen LogP contribution is -2.28. The fourth-order valence-electron chi connectivity index (χ4n) is 3.32. The number of hydrogen-bond acceptors (Lipinski definition) is 6. The van der Waals surface area contributed by atoms with Crippen molar-refractivity contribution in [1.82, 2.24) is 4.90 Å². The second kappa shape index (κ2) is 9.21. The van der Waals surface area contributed by atoms with Gasteiger partial charge in [0.05, 0.1) is 31.3 Å². The quantitative estimate of drug-likeness (QED) is 0.733. The Labute approximate surface area is 173 Å². The van der Waals surface area contributed by atoms with Crippen LogP contribution in [0, 0.1) is 5.92 Å². The van der Waals surface area contributed by atoms with Crippen LogP contribution in [0.4, 0.5) is 5.69 Å². The summed E-state index contributed by atoms with van der Waals surface area (Å²) in [5, 5.41) is 2.69. The van der Waals surface area contributed by atoms with E-state index in [0.29, 0.717) is 13.1 Å². The first-order valence-electron chi connectivity index (χ1n) is 9.35. The molecule has 0 bridgehead atoms. The van der Waals surface area contributed by atoms with Crippen molar-refractivity contribution in [3.63, 3.8) is 0 Å². The Kier molecular flexibility index (Phi) is 6.46. The number of nitrogens with zero attached hydrogens (tertiary/aromatic N) is 1. The number of esters is 2. The van der Waals surface area contributed by atoms with Crippen LogP contribution in [0.1, 0.15) is 32.7 Å². The Balaban J connectivity index is 1.73. The first kappa shape index (κ1) is 21.0. The van der Waals surface area contributed by atoms with Gasteiger partial charge in [0.25, 0.3) is 0 Å². The molecule has 2 aromatic rings. The smallest absolute Gasteiger partial charge is 0.337 e. The number of nitrogens with one attached hydrogen (secondary N) is 1. The second-order valence-corrected chi connectivity index (χ2v) is 6.93. The number of amides is 2. The third-order valence-electron chi connectivity index (χ3n) is 4.84. The van der Waals surface area contributed by atoms with Gasteiger partial charge in [-0.25, -0.2) is 9.59 Å². The average molecular weight is 410 g/mol. The second-order valence-electron chi connectivity index (χ2n) is 6.93. The van der Waals surface area contributed by atoms with E-state index in [1.807, 2.05) is 30.3 Å². The Morgan fingerprint density at radius 2 is 1.60 bits per heavy atom. The first-order chi connectivity index (χ1) is 14.4. The highest BCUT2D eigenvalue weighted by molar-refractivity contribution is 6.01. The van der Waals surface area contributed by atoms with Crippen LogP contribution in [0.25, 0.3) is 0 Å². The van der Waals surface area contributed by atoms with Crippen molar-refractivity contribution in [3.8, 4) is 0 Å². The SMILES string of the molecule is COC(=O)c1cc(NC(=O)C2CC(=O)N(Cc3ccccc3)C2)cc(C(=O)OC)c1. The van der Waals surface area contributed by atoms with Crippen molar-refractivity contribution >= 4 is 29.4 Å². The van der Waals surface area contributed by atoms with Crippen LogP contribution >= 0.6 is 0 Å². The van der Waals surface area contributed by atoms with Gasteiger partial charge in [-0.05, 0) is 23.8 Å². The van der Waals surface area contributed by atoms with E-state index in [0.717, 1.165) is 5.56 Å². The van der Waals surface area contributed by atoms with Gasteiger partial charge >= 0.3 is 11.9 Å². The summed E-state index contributed by atoms with van der Waals surface area (Å²) in [5.41, 5.74) is 1.44. The van der Waals surface area contributed by atoms with Crippen LogP contribution in [0.2, 0.25) is 0 Å². The maximum absolute atomic E-state index is 12.7. The Bertz CT molecular complexity index is 939. The van der Waals surface area contributed by atoms with Crippen molar-refractivity contribution in [3.05, 3.63) is 65.2 Å². The van der Waals surface area contributed by atoms with Crippen LogP contribution < -0.4 is 5.32 Å². The molecule has 1 atom stereocenters. The molecule has 156 valence electrons. The summed E-state index contributed by atoms with van der Waals surface area (Å²) in [6.45, 7) is 0.730. The van der Waals surface area contributed by atoms with E-state index in [1.165, 1.54) is 32.4 Å². The van der Waals surface area contributed by atoms with E-state index in [-0.39, 0.29) is 35.0 Å². The molecule has 1 aliphatic rings. The van der Waals surface area contributed by atoms with Gasteiger partial charge in [0, 0.05) is 25.2 Å². The molecule has 0 radical (unpaired) electrons. The van der Waals surface area contributed by atoms with Gasteiger partial charge in [-0.2, -0.15) is 0 Å². The van der Waals surface area contributed by atoms with Crippen LogP contribution in [0.5, 0.6) is 0 Å². The van der Waals surface area contributed by atoms with Crippen molar-refractivity contribution in [1.29, 1.82) is 0 Å². The van der Waals surface area contributed by atoms with Gasteiger partial charge in [-0.15, -0.1) is 0 Å². The molecule has 8 heteroatoms. The van der Waals surface area contributed by atoms with Gasteiger partial charge in [0.1, 0.15) is 0 Å². The molecule has 1 fully saturated rings. The van der Waals surface area contributed by atoms with Gasteiger partial charge in [0.2, 0.25) is 11.8 Å². The molecular weight excluding hydrogens is 388 g/mol. The van der Waals surface area contributed by atoms with E-state index in [1.54, 1.807) is 4.90 Å². The third kappa shape index (κ3) is 4.83. The number of rotatable bonds is 6. The molecular formula is C22H22N2O6. The highest BCUT2D eigenvalue weighted by atomic mass is 16.5. The predicted molar refractivity (Wildman–Crippen MR) is 108 cm³/mol. The number of hydrogen-bond donors (Lipinski definition) is 1. The number of ether oxygens (including phenoxy) is 2. The minimum absolute atomic E-state index is 0.0964. The number of methoxy groups -OCH3 is 2. The number of likely N-dealkylation sites (tertiary alicyclic amines) is 1. The van der Waals surface area contributed by atoms with Crippen molar-refractivity contribution < 1.29 is 28.7 Å². The fraction of sp³-hybridized carbons (Fsp3) is 0.273. The molecule has 3 rings (SSSR count). The lowest BCUT2D eigenvalue weighted by Gasteiger charge is -2.17. The molecule has 0 saturated carbocycles. The number of anilines is 1. The summed E-state index contributed by atoms with van der Waals surface area (Å²) >= 11 is 0. The van der Waals surface area contributed by atoms with Crippen molar-refractivity contribution in [2.75, 3.05) is 26.1 Å². The van der Waals surface area contributed by atoms with Crippen molar-refractivity contribution in [2.45, 2.75) is 13.0 Å². The molecule has 8 nitrogen and oxygen atoms in total. The molecule has 2 aromatic carbocycles. The topological polar surface area (TPSA) is 102 Å². The van der Waals surface area contributed by atoms with Gasteiger partial charge < -0.3 is 19.7 Å². The Morgan fingerprint density at radius 3 is 2.17 bits per heavy atom. The molecule has 0 aromatic heterocycles. The van der Waals surface area contributed by atoms with Crippen molar-refractivity contribution in [2.24, 2.45) is 5.92 Å². The molecule has 0 spiro atoms. The standard InChI is InChI=1S/C22H22N2O6/c1-29-21(27)15-8-16(22(28)30-2)10-18(9-15)23-20(26)17-11-19(25)24(13-17)12-14-6-4-3-5-7-14/h3-10,17H,11-13H2,1-2H3,(H,23,26). The van der Waals surface area contributed by atoms with E-state index in [4.69, 9.17) is 9.47 Å².